The Hall–Kier alpha value is -1.20. The van der Waals surface area contributed by atoms with Gasteiger partial charge in [-0.05, 0) is 50.2 Å². The average molecular weight is 288 g/mol. The standard InChI is InChI=1S/C15H20N4S/c1-11-9-20-14-13(11)16-10-17-15(14)19-7-4-12(8-19)18-5-2-3-6-18/h9-10,12H,2-8H2,1H3. The molecule has 0 spiro atoms. The molecule has 0 N–H and O–H groups in total. The van der Waals surface area contributed by atoms with Crippen LogP contribution in [0, 0.1) is 6.92 Å². The highest BCUT2D eigenvalue weighted by Crippen LogP contribution is 2.33. The minimum Gasteiger partial charge on any atom is -0.354 e. The zero-order chi connectivity index (χ0) is 13.5. The fourth-order valence-corrected chi connectivity index (χ4v) is 4.54. The third kappa shape index (κ3) is 2.00. The van der Waals surface area contributed by atoms with Crippen molar-refractivity contribution in [3.8, 4) is 0 Å². The molecule has 1 unspecified atom stereocenters. The second-order valence-electron chi connectivity index (χ2n) is 5.93. The van der Waals surface area contributed by atoms with Gasteiger partial charge in [0.1, 0.15) is 12.1 Å². The van der Waals surface area contributed by atoms with Gasteiger partial charge in [-0.25, -0.2) is 9.97 Å². The third-order valence-corrected chi connectivity index (χ3v) is 5.72. The van der Waals surface area contributed by atoms with Gasteiger partial charge in [0.05, 0.1) is 10.2 Å². The highest BCUT2D eigenvalue weighted by atomic mass is 32.1. The van der Waals surface area contributed by atoms with Crippen LogP contribution in [-0.2, 0) is 0 Å². The lowest BCUT2D eigenvalue weighted by Crippen LogP contribution is -2.35. The number of anilines is 1. The largest absolute Gasteiger partial charge is 0.354 e. The van der Waals surface area contributed by atoms with Crippen molar-refractivity contribution in [3.05, 3.63) is 17.3 Å². The third-order valence-electron chi connectivity index (χ3n) is 4.63. The maximum Gasteiger partial charge on any atom is 0.150 e. The molecule has 0 aromatic carbocycles. The Balaban J connectivity index is 1.61. The van der Waals surface area contributed by atoms with Crippen LogP contribution in [0.1, 0.15) is 24.8 Å². The van der Waals surface area contributed by atoms with Crippen molar-refractivity contribution in [2.45, 2.75) is 32.2 Å². The Morgan fingerprint density at radius 1 is 1.20 bits per heavy atom. The van der Waals surface area contributed by atoms with Crippen molar-refractivity contribution < 1.29 is 0 Å². The van der Waals surface area contributed by atoms with Crippen LogP contribution in [0.5, 0.6) is 0 Å². The molecule has 20 heavy (non-hydrogen) atoms. The van der Waals surface area contributed by atoms with E-state index in [1.54, 1.807) is 17.7 Å². The van der Waals surface area contributed by atoms with Gasteiger partial charge in [0.25, 0.3) is 0 Å². The Labute approximate surface area is 123 Å². The van der Waals surface area contributed by atoms with Crippen molar-refractivity contribution in [2.24, 2.45) is 0 Å². The van der Waals surface area contributed by atoms with Crippen molar-refractivity contribution in [3.63, 3.8) is 0 Å². The molecule has 2 aromatic heterocycles. The van der Waals surface area contributed by atoms with Gasteiger partial charge in [-0.15, -0.1) is 11.3 Å². The molecule has 0 bridgehead atoms. The Kier molecular flexibility index (Phi) is 3.11. The number of aryl methyl sites for hydroxylation is 1. The number of thiophene rings is 1. The Morgan fingerprint density at radius 3 is 2.90 bits per heavy atom. The van der Waals surface area contributed by atoms with Gasteiger partial charge in [0.2, 0.25) is 0 Å². The van der Waals surface area contributed by atoms with Gasteiger partial charge in [0, 0.05) is 19.1 Å². The number of nitrogens with zero attached hydrogens (tertiary/aromatic N) is 4. The van der Waals surface area contributed by atoms with Crippen molar-refractivity contribution >= 4 is 27.4 Å². The summed E-state index contributed by atoms with van der Waals surface area (Å²) in [5, 5.41) is 2.19. The van der Waals surface area contributed by atoms with E-state index in [1.165, 1.54) is 42.6 Å². The summed E-state index contributed by atoms with van der Waals surface area (Å²) in [6.45, 7) is 6.96. The second-order valence-corrected chi connectivity index (χ2v) is 6.80. The normalized spacial score (nSPS) is 24.1. The molecule has 2 fully saturated rings. The Morgan fingerprint density at radius 2 is 2.05 bits per heavy atom. The minimum absolute atomic E-state index is 0.726. The van der Waals surface area contributed by atoms with Crippen LogP contribution in [-0.4, -0.2) is 47.1 Å². The van der Waals surface area contributed by atoms with Crippen molar-refractivity contribution in [2.75, 3.05) is 31.1 Å². The summed E-state index contributed by atoms with van der Waals surface area (Å²) in [7, 11) is 0. The summed E-state index contributed by atoms with van der Waals surface area (Å²) in [6, 6.07) is 0.726. The van der Waals surface area contributed by atoms with Gasteiger partial charge < -0.3 is 4.90 Å². The van der Waals surface area contributed by atoms with E-state index in [0.29, 0.717) is 0 Å². The lowest BCUT2D eigenvalue weighted by molar-refractivity contribution is 0.260. The second kappa shape index (κ2) is 4.97. The lowest BCUT2D eigenvalue weighted by Gasteiger charge is -2.24. The van der Waals surface area contributed by atoms with Gasteiger partial charge in [-0.1, -0.05) is 0 Å². The van der Waals surface area contributed by atoms with E-state index in [4.69, 9.17) is 0 Å². The fraction of sp³-hybridized carbons (Fsp3) is 0.600. The molecule has 0 radical (unpaired) electrons. The predicted octanol–water partition coefficient (Wildman–Crippen LogP) is 2.67. The molecule has 4 heterocycles. The quantitative estimate of drug-likeness (QED) is 0.850. The average Bonchev–Trinajstić information content (AvgIpc) is 3.18. The molecular weight excluding hydrogens is 268 g/mol. The van der Waals surface area contributed by atoms with Crippen molar-refractivity contribution in [1.82, 2.24) is 14.9 Å². The summed E-state index contributed by atoms with van der Waals surface area (Å²) >= 11 is 1.78. The first-order valence-corrected chi connectivity index (χ1v) is 8.38. The highest BCUT2D eigenvalue weighted by Gasteiger charge is 2.30. The molecule has 4 nitrogen and oxygen atoms in total. The zero-order valence-electron chi connectivity index (χ0n) is 11.9. The van der Waals surface area contributed by atoms with E-state index < -0.39 is 0 Å². The topological polar surface area (TPSA) is 32.3 Å². The maximum absolute atomic E-state index is 4.57. The first-order valence-electron chi connectivity index (χ1n) is 7.51. The van der Waals surface area contributed by atoms with Gasteiger partial charge in [0.15, 0.2) is 0 Å². The number of fused-ring (bicyclic) bond motifs is 1. The molecule has 2 aliphatic rings. The van der Waals surface area contributed by atoms with E-state index in [0.717, 1.165) is 30.5 Å². The number of hydrogen-bond acceptors (Lipinski definition) is 5. The predicted molar refractivity (Wildman–Crippen MR) is 83.6 cm³/mol. The van der Waals surface area contributed by atoms with Gasteiger partial charge in [-0.2, -0.15) is 0 Å². The molecule has 0 aliphatic carbocycles. The van der Waals surface area contributed by atoms with Crippen LogP contribution < -0.4 is 4.90 Å². The van der Waals surface area contributed by atoms with Gasteiger partial charge >= 0.3 is 0 Å². The van der Waals surface area contributed by atoms with E-state index in [-0.39, 0.29) is 0 Å². The SMILES string of the molecule is Cc1csc2c(N3CCC(N4CCCC4)C3)ncnc12. The summed E-state index contributed by atoms with van der Waals surface area (Å²) in [5.41, 5.74) is 2.40. The maximum atomic E-state index is 4.57. The van der Waals surface area contributed by atoms with Crippen LogP contribution in [0.15, 0.2) is 11.7 Å². The fourth-order valence-electron chi connectivity index (χ4n) is 3.52. The molecule has 4 rings (SSSR count). The Bertz CT molecular complexity index is 617. The van der Waals surface area contributed by atoms with Gasteiger partial charge in [-0.3, -0.25) is 4.90 Å². The summed E-state index contributed by atoms with van der Waals surface area (Å²) in [4.78, 5) is 14.1. The molecule has 5 heteroatoms. The zero-order valence-corrected chi connectivity index (χ0v) is 12.7. The molecule has 2 aromatic rings. The van der Waals surface area contributed by atoms with E-state index >= 15 is 0 Å². The molecule has 1 atom stereocenters. The monoisotopic (exact) mass is 288 g/mol. The lowest BCUT2D eigenvalue weighted by atomic mass is 10.2. The van der Waals surface area contributed by atoms with Crippen molar-refractivity contribution in [1.29, 1.82) is 0 Å². The number of aromatic nitrogens is 2. The molecule has 0 saturated carbocycles. The van der Waals surface area contributed by atoms with Crippen LogP contribution in [0.3, 0.4) is 0 Å². The van der Waals surface area contributed by atoms with E-state index in [2.05, 4.69) is 32.1 Å². The minimum atomic E-state index is 0.726. The molecule has 2 aliphatic heterocycles. The number of rotatable bonds is 2. The van der Waals surface area contributed by atoms with E-state index in [9.17, 15) is 0 Å². The molecule has 106 valence electrons. The first kappa shape index (κ1) is 12.5. The molecule has 0 amide bonds. The molecular formula is C15H20N4S. The summed E-state index contributed by atoms with van der Waals surface area (Å²) < 4.78 is 1.26. The van der Waals surface area contributed by atoms with Crippen LogP contribution in [0.25, 0.3) is 10.2 Å². The number of likely N-dealkylation sites (tertiary alicyclic amines) is 1. The van der Waals surface area contributed by atoms with Crippen LogP contribution >= 0.6 is 11.3 Å². The number of hydrogen-bond donors (Lipinski definition) is 0. The van der Waals surface area contributed by atoms with Crippen LogP contribution in [0.2, 0.25) is 0 Å². The van der Waals surface area contributed by atoms with E-state index in [1.807, 2.05) is 0 Å². The molecule has 2 saturated heterocycles. The highest BCUT2D eigenvalue weighted by molar-refractivity contribution is 7.18. The summed E-state index contributed by atoms with van der Waals surface area (Å²) in [6.07, 6.45) is 5.74. The summed E-state index contributed by atoms with van der Waals surface area (Å²) in [5.74, 6) is 1.15. The first-order chi connectivity index (χ1) is 9.83. The van der Waals surface area contributed by atoms with Crippen LogP contribution in [0.4, 0.5) is 5.82 Å². The smallest absolute Gasteiger partial charge is 0.150 e.